The van der Waals surface area contributed by atoms with Crippen LogP contribution in [0.1, 0.15) is 47.9 Å². The molecule has 4 N–H and O–H groups in total. The maximum absolute atomic E-state index is 14.0. The fraction of sp³-hybridized carbons (Fsp3) is 0.571. The number of para-hydroxylation sites is 1. The van der Waals surface area contributed by atoms with Gasteiger partial charge in [-0.1, -0.05) is 30.3 Å². The van der Waals surface area contributed by atoms with Crippen LogP contribution in [0.5, 0.6) is 0 Å². The lowest BCUT2D eigenvalue weighted by atomic mass is 9.99. The molecule has 11 nitrogen and oxygen atoms in total. The number of carbonyl (C=O) groups is 3. The minimum atomic E-state index is -0.923. The molecule has 4 aliphatic rings. The van der Waals surface area contributed by atoms with E-state index in [0.717, 1.165) is 79.1 Å². The number of fused-ring (bicyclic) bond motifs is 1. The van der Waals surface area contributed by atoms with Crippen LogP contribution in [0.4, 0.5) is 21.0 Å². The predicted molar refractivity (Wildman–Crippen MR) is 179 cm³/mol. The van der Waals surface area contributed by atoms with Crippen molar-refractivity contribution in [3.05, 3.63) is 58.7 Å². The molecule has 1 unspecified atom stereocenters. The summed E-state index contributed by atoms with van der Waals surface area (Å²) in [5.41, 5.74) is 11.8. The van der Waals surface area contributed by atoms with Crippen molar-refractivity contribution in [1.29, 1.82) is 0 Å². The molecular weight excluding hydrogens is 582 g/mol. The highest BCUT2D eigenvalue weighted by Crippen LogP contribution is 2.26. The molecule has 1 atom stereocenters. The van der Waals surface area contributed by atoms with E-state index in [4.69, 9.17) is 10.5 Å². The van der Waals surface area contributed by atoms with E-state index in [1.54, 1.807) is 4.90 Å². The molecule has 0 saturated carbocycles. The van der Waals surface area contributed by atoms with Crippen molar-refractivity contribution in [3.63, 3.8) is 0 Å². The number of carbonyl (C=O) groups excluding carboxylic acids is 3. The number of piperidine rings is 2. The number of piperazine rings is 1. The SMILES string of the molecule is Cc1cc(CC(OC(=O)N2CCC(N3CCc4ccccc4NC3=O)CC2)C(=O)N2CCN(C3CCNCC3)CC2)cc(C)c1N. The van der Waals surface area contributed by atoms with Crippen LogP contribution < -0.4 is 16.4 Å². The van der Waals surface area contributed by atoms with E-state index in [-0.39, 0.29) is 18.0 Å². The number of hydrogen-bond acceptors (Lipinski definition) is 7. The molecule has 4 amide bonds. The van der Waals surface area contributed by atoms with Gasteiger partial charge in [-0.3, -0.25) is 9.69 Å². The molecule has 0 aromatic heterocycles. The minimum Gasteiger partial charge on any atom is -0.436 e. The molecule has 3 saturated heterocycles. The Labute approximate surface area is 272 Å². The van der Waals surface area contributed by atoms with Crippen molar-refractivity contribution in [3.8, 4) is 0 Å². The zero-order valence-electron chi connectivity index (χ0n) is 27.3. The Morgan fingerprint density at radius 1 is 0.891 bits per heavy atom. The van der Waals surface area contributed by atoms with Crippen LogP contribution in [0, 0.1) is 13.8 Å². The largest absolute Gasteiger partial charge is 0.436 e. The van der Waals surface area contributed by atoms with Crippen LogP contribution in [0.15, 0.2) is 36.4 Å². The first-order valence-electron chi connectivity index (χ1n) is 17.0. The third-order valence-corrected chi connectivity index (χ3v) is 10.3. The number of nitrogens with two attached hydrogens (primary N) is 1. The molecule has 11 heteroatoms. The monoisotopic (exact) mass is 631 g/mol. The van der Waals surface area contributed by atoms with Gasteiger partial charge in [0.2, 0.25) is 0 Å². The lowest BCUT2D eigenvalue weighted by Crippen LogP contribution is -2.56. The second-order valence-corrected chi connectivity index (χ2v) is 13.3. The third-order valence-electron chi connectivity index (χ3n) is 10.3. The number of urea groups is 1. The Hall–Kier alpha value is -3.83. The molecular formula is C35H49N7O4. The highest BCUT2D eigenvalue weighted by Gasteiger charge is 2.36. The van der Waals surface area contributed by atoms with Crippen LogP contribution in [0.2, 0.25) is 0 Å². The maximum atomic E-state index is 14.0. The summed E-state index contributed by atoms with van der Waals surface area (Å²) in [6.45, 7) is 10.5. The number of nitrogens with one attached hydrogen (secondary N) is 2. The van der Waals surface area contributed by atoms with Gasteiger partial charge in [0.1, 0.15) is 0 Å². The summed E-state index contributed by atoms with van der Waals surface area (Å²) in [5, 5.41) is 6.49. The third kappa shape index (κ3) is 7.25. The normalized spacial score (nSPS) is 20.9. The van der Waals surface area contributed by atoms with Gasteiger partial charge in [0.15, 0.2) is 6.10 Å². The summed E-state index contributed by atoms with van der Waals surface area (Å²) in [4.78, 5) is 48.6. The Morgan fingerprint density at radius 2 is 1.57 bits per heavy atom. The molecule has 6 rings (SSSR count). The van der Waals surface area contributed by atoms with Crippen LogP contribution in [-0.2, 0) is 22.4 Å². The average Bonchev–Trinajstić information content (AvgIpc) is 3.25. The number of ether oxygens (including phenoxy) is 1. The van der Waals surface area contributed by atoms with Crippen molar-refractivity contribution < 1.29 is 19.1 Å². The number of anilines is 2. The number of nitrogen functional groups attached to an aromatic ring is 1. The molecule has 0 aliphatic carbocycles. The van der Waals surface area contributed by atoms with Gasteiger partial charge in [0, 0.05) is 75.7 Å². The first-order valence-corrected chi connectivity index (χ1v) is 17.0. The minimum absolute atomic E-state index is 0.0350. The first kappa shape index (κ1) is 32.1. The van der Waals surface area contributed by atoms with Crippen molar-refractivity contribution in [2.45, 2.75) is 70.6 Å². The standard InChI is InChI=1S/C35H49N7O4/c1-24-21-26(22-25(2)32(24)36)23-31(33(43)40-19-17-39(18-20-40)28-7-12-37-13-8-28)46-35(45)41-14-10-29(11-15-41)42-16-9-27-5-3-4-6-30(27)38-34(42)44/h3-6,21-22,28-29,31,37H,7-20,23,36H2,1-2H3,(H,38,44). The smallest absolute Gasteiger partial charge is 0.410 e. The average molecular weight is 632 g/mol. The predicted octanol–water partition coefficient (Wildman–Crippen LogP) is 3.38. The summed E-state index contributed by atoms with van der Waals surface area (Å²) in [6, 6.07) is 12.4. The number of nitrogens with zero attached hydrogens (tertiary/aromatic N) is 4. The lowest BCUT2D eigenvalue weighted by Gasteiger charge is -2.41. The van der Waals surface area contributed by atoms with Crippen LogP contribution in [-0.4, -0.2) is 115 Å². The molecule has 2 aromatic carbocycles. The van der Waals surface area contributed by atoms with Gasteiger partial charge >= 0.3 is 12.1 Å². The van der Waals surface area contributed by atoms with E-state index in [1.807, 2.05) is 54.0 Å². The molecule has 0 radical (unpaired) electrons. The number of aryl methyl sites for hydroxylation is 2. The first-order chi connectivity index (χ1) is 22.3. The highest BCUT2D eigenvalue weighted by atomic mass is 16.6. The number of benzene rings is 2. The second kappa shape index (κ2) is 14.3. The summed E-state index contributed by atoms with van der Waals surface area (Å²) in [7, 11) is 0. The van der Waals surface area contributed by atoms with Gasteiger partial charge in [-0.2, -0.15) is 0 Å². The topological polar surface area (TPSA) is 123 Å². The van der Waals surface area contributed by atoms with Crippen LogP contribution in [0.25, 0.3) is 0 Å². The van der Waals surface area contributed by atoms with Gasteiger partial charge in [0.25, 0.3) is 5.91 Å². The van der Waals surface area contributed by atoms with Crippen molar-refractivity contribution in [1.82, 2.24) is 24.9 Å². The fourth-order valence-corrected chi connectivity index (χ4v) is 7.55. The molecule has 4 aliphatic heterocycles. The lowest BCUT2D eigenvalue weighted by molar-refractivity contribution is -0.143. The number of likely N-dealkylation sites (tertiary alicyclic amines) is 1. The van der Waals surface area contributed by atoms with E-state index >= 15 is 0 Å². The number of rotatable bonds is 6. The van der Waals surface area contributed by atoms with E-state index in [0.29, 0.717) is 58.0 Å². The molecule has 3 fully saturated rings. The van der Waals surface area contributed by atoms with Gasteiger partial charge < -0.3 is 35.8 Å². The van der Waals surface area contributed by atoms with E-state index in [9.17, 15) is 14.4 Å². The maximum Gasteiger partial charge on any atom is 0.410 e. The summed E-state index contributed by atoms with van der Waals surface area (Å²) in [6.07, 6.45) is 3.28. The second-order valence-electron chi connectivity index (χ2n) is 13.3. The fourth-order valence-electron chi connectivity index (χ4n) is 7.55. The van der Waals surface area contributed by atoms with Gasteiger partial charge in [-0.05, 0) is 87.4 Å². The van der Waals surface area contributed by atoms with Gasteiger partial charge in [-0.15, -0.1) is 0 Å². The number of hydrogen-bond donors (Lipinski definition) is 3. The molecule has 46 heavy (non-hydrogen) atoms. The summed E-state index contributed by atoms with van der Waals surface area (Å²) >= 11 is 0. The molecule has 0 spiro atoms. The van der Waals surface area contributed by atoms with Gasteiger partial charge in [-0.25, -0.2) is 9.59 Å². The van der Waals surface area contributed by atoms with Crippen molar-refractivity contribution in [2.24, 2.45) is 0 Å². The Kier molecular flexibility index (Phi) is 9.98. The number of amides is 4. The Bertz CT molecular complexity index is 1390. The summed E-state index contributed by atoms with van der Waals surface area (Å²) < 4.78 is 6.08. The molecule has 2 aromatic rings. The van der Waals surface area contributed by atoms with E-state index in [2.05, 4.69) is 21.6 Å². The van der Waals surface area contributed by atoms with Gasteiger partial charge in [0.05, 0.1) is 0 Å². The molecule has 248 valence electrons. The molecule has 0 bridgehead atoms. The van der Waals surface area contributed by atoms with E-state index in [1.165, 1.54) is 0 Å². The quantitative estimate of drug-likeness (QED) is 0.418. The summed E-state index contributed by atoms with van der Waals surface area (Å²) in [5.74, 6) is -0.138. The Morgan fingerprint density at radius 3 is 2.26 bits per heavy atom. The highest BCUT2D eigenvalue weighted by molar-refractivity contribution is 5.91. The van der Waals surface area contributed by atoms with Crippen molar-refractivity contribution in [2.75, 3.05) is 70.0 Å². The zero-order valence-corrected chi connectivity index (χ0v) is 27.3. The van der Waals surface area contributed by atoms with Crippen molar-refractivity contribution >= 4 is 29.4 Å². The van der Waals surface area contributed by atoms with Crippen LogP contribution in [0.3, 0.4) is 0 Å². The van der Waals surface area contributed by atoms with E-state index < -0.39 is 12.2 Å². The molecule has 4 heterocycles. The Balaban J connectivity index is 1.09. The zero-order chi connectivity index (χ0) is 32.2. The van der Waals surface area contributed by atoms with Crippen LogP contribution >= 0.6 is 0 Å².